The van der Waals surface area contributed by atoms with Gasteiger partial charge in [0.2, 0.25) is 5.91 Å². The molecule has 3 fully saturated rings. The molecule has 2 aromatic carbocycles. The number of hydrogen-bond donors (Lipinski definition) is 1. The number of carbonyl (C=O) groups is 1. The van der Waals surface area contributed by atoms with Crippen LogP contribution in [0, 0.1) is 22.7 Å². The van der Waals surface area contributed by atoms with Crippen LogP contribution in [0.3, 0.4) is 0 Å². The van der Waals surface area contributed by atoms with Crippen LogP contribution >= 0.6 is 0 Å². The van der Waals surface area contributed by atoms with Crippen LogP contribution in [0.1, 0.15) is 31.2 Å². The lowest BCUT2D eigenvalue weighted by Crippen LogP contribution is -2.26. The van der Waals surface area contributed by atoms with Crippen molar-refractivity contribution in [1.29, 1.82) is 5.26 Å². The summed E-state index contributed by atoms with van der Waals surface area (Å²) in [6, 6.07) is 15.7. The highest BCUT2D eigenvalue weighted by Crippen LogP contribution is 2.58. The van der Waals surface area contributed by atoms with Crippen molar-refractivity contribution < 1.29 is 19.0 Å². The van der Waals surface area contributed by atoms with Gasteiger partial charge in [0.1, 0.15) is 17.9 Å². The Hall–Kier alpha value is -2.88. The lowest BCUT2D eigenvalue weighted by atomic mass is 10.0. The molecule has 2 aliphatic heterocycles. The molecular weight excluding hydrogens is 392 g/mol. The van der Waals surface area contributed by atoms with Crippen molar-refractivity contribution >= 4 is 11.6 Å². The SMILES string of the molecule is N#Cc1cc(-c2cccc(NC(=O)C3CC34CCOC4)c2)ccc1OC1CCOCC1. The molecule has 1 amide bonds. The predicted octanol–water partition coefficient (Wildman–Crippen LogP) is 4.15. The Morgan fingerprint density at radius 3 is 2.71 bits per heavy atom. The molecule has 1 aliphatic carbocycles. The molecule has 1 N–H and O–H groups in total. The molecule has 0 bridgehead atoms. The van der Waals surface area contributed by atoms with Gasteiger partial charge in [-0.3, -0.25) is 4.79 Å². The number of amides is 1. The molecule has 2 aromatic rings. The smallest absolute Gasteiger partial charge is 0.228 e. The maximum Gasteiger partial charge on any atom is 0.228 e. The van der Waals surface area contributed by atoms with Gasteiger partial charge >= 0.3 is 0 Å². The van der Waals surface area contributed by atoms with E-state index < -0.39 is 0 Å². The normalized spacial score (nSPS) is 25.2. The summed E-state index contributed by atoms with van der Waals surface area (Å²) in [6.45, 7) is 2.84. The molecule has 0 aromatic heterocycles. The summed E-state index contributed by atoms with van der Waals surface area (Å²) in [5, 5.41) is 12.7. The first-order valence-corrected chi connectivity index (χ1v) is 10.9. The van der Waals surface area contributed by atoms with Gasteiger partial charge in [-0.05, 0) is 48.2 Å². The second-order valence-electron chi connectivity index (χ2n) is 8.74. The van der Waals surface area contributed by atoms with Crippen molar-refractivity contribution in [3.63, 3.8) is 0 Å². The molecule has 6 heteroatoms. The van der Waals surface area contributed by atoms with Crippen molar-refractivity contribution in [1.82, 2.24) is 0 Å². The van der Waals surface area contributed by atoms with Crippen molar-refractivity contribution in [3.8, 4) is 22.9 Å². The summed E-state index contributed by atoms with van der Waals surface area (Å²) in [7, 11) is 0. The molecule has 160 valence electrons. The molecule has 2 atom stereocenters. The number of rotatable bonds is 5. The van der Waals surface area contributed by atoms with E-state index in [1.165, 1.54) is 0 Å². The topological polar surface area (TPSA) is 80.6 Å². The Labute approximate surface area is 182 Å². The Balaban J connectivity index is 1.30. The van der Waals surface area contributed by atoms with Crippen molar-refractivity contribution in [2.24, 2.45) is 11.3 Å². The number of ether oxygens (including phenoxy) is 3. The zero-order chi connectivity index (χ0) is 21.3. The Bertz CT molecular complexity index is 1020. The summed E-state index contributed by atoms with van der Waals surface area (Å²) in [5.74, 6) is 0.728. The molecular formula is C25H26N2O4. The van der Waals surface area contributed by atoms with Gasteiger partial charge in [-0.1, -0.05) is 18.2 Å². The Morgan fingerprint density at radius 1 is 1.10 bits per heavy atom. The number of anilines is 1. The van der Waals surface area contributed by atoms with Gasteiger partial charge < -0.3 is 19.5 Å². The second-order valence-corrected chi connectivity index (χ2v) is 8.74. The first-order valence-electron chi connectivity index (χ1n) is 10.9. The van der Waals surface area contributed by atoms with E-state index in [9.17, 15) is 10.1 Å². The number of nitrogens with zero attached hydrogens (tertiary/aromatic N) is 1. The fourth-order valence-corrected chi connectivity index (χ4v) is 4.66. The minimum atomic E-state index is 0.0467. The monoisotopic (exact) mass is 418 g/mol. The molecule has 5 rings (SSSR count). The summed E-state index contributed by atoms with van der Waals surface area (Å²) in [5.41, 5.74) is 3.22. The molecule has 3 aliphatic rings. The lowest BCUT2D eigenvalue weighted by molar-refractivity contribution is -0.118. The third-order valence-corrected chi connectivity index (χ3v) is 6.67. The second kappa shape index (κ2) is 8.33. The number of nitrogens with one attached hydrogen (secondary N) is 1. The van der Waals surface area contributed by atoms with Crippen LogP contribution in [-0.4, -0.2) is 38.4 Å². The van der Waals surface area contributed by atoms with E-state index in [2.05, 4.69) is 11.4 Å². The highest BCUT2D eigenvalue weighted by molar-refractivity contribution is 5.95. The van der Waals surface area contributed by atoms with Gasteiger partial charge in [0.05, 0.1) is 25.4 Å². The van der Waals surface area contributed by atoms with Crippen LogP contribution < -0.4 is 10.1 Å². The molecule has 2 unspecified atom stereocenters. The Morgan fingerprint density at radius 2 is 1.94 bits per heavy atom. The maximum atomic E-state index is 12.7. The summed E-state index contributed by atoms with van der Waals surface area (Å²) in [6.07, 6.45) is 3.65. The maximum absolute atomic E-state index is 12.7. The fourth-order valence-electron chi connectivity index (χ4n) is 4.66. The Kier molecular flexibility index (Phi) is 5.39. The van der Waals surface area contributed by atoms with Crippen LogP contribution in [0.25, 0.3) is 11.1 Å². The van der Waals surface area contributed by atoms with Crippen molar-refractivity contribution in [2.75, 3.05) is 31.7 Å². The summed E-state index contributed by atoms with van der Waals surface area (Å²) >= 11 is 0. The first-order chi connectivity index (χ1) is 15.2. The van der Waals surface area contributed by atoms with Gasteiger partial charge in [0.25, 0.3) is 0 Å². The number of nitriles is 1. The largest absolute Gasteiger partial charge is 0.489 e. The van der Waals surface area contributed by atoms with Crippen LogP contribution in [0.2, 0.25) is 0 Å². The minimum Gasteiger partial charge on any atom is -0.489 e. The van der Waals surface area contributed by atoms with E-state index in [4.69, 9.17) is 14.2 Å². The number of carbonyl (C=O) groups excluding carboxylic acids is 1. The third kappa shape index (κ3) is 4.16. The van der Waals surface area contributed by atoms with E-state index in [1.807, 2.05) is 42.5 Å². The van der Waals surface area contributed by atoms with Crippen LogP contribution in [0.4, 0.5) is 5.69 Å². The lowest BCUT2D eigenvalue weighted by Gasteiger charge is -2.23. The van der Waals surface area contributed by atoms with Crippen LogP contribution in [0.15, 0.2) is 42.5 Å². The number of hydrogen-bond acceptors (Lipinski definition) is 5. The standard InChI is InChI=1S/C25H26N2O4/c26-15-19-12-18(4-5-23(19)31-21-6-9-29-10-7-21)17-2-1-3-20(13-17)27-24(28)22-14-25(22)8-11-30-16-25/h1-5,12-13,21-22H,6-11,14,16H2,(H,27,28). The molecule has 6 nitrogen and oxygen atoms in total. The number of benzene rings is 2. The summed E-state index contributed by atoms with van der Waals surface area (Å²) in [4.78, 5) is 12.7. The molecule has 2 saturated heterocycles. The van der Waals surface area contributed by atoms with E-state index in [1.54, 1.807) is 0 Å². The van der Waals surface area contributed by atoms with Crippen molar-refractivity contribution in [3.05, 3.63) is 48.0 Å². The van der Waals surface area contributed by atoms with E-state index >= 15 is 0 Å². The minimum absolute atomic E-state index is 0.0467. The van der Waals surface area contributed by atoms with E-state index in [-0.39, 0.29) is 23.3 Å². The van der Waals surface area contributed by atoms with Gasteiger partial charge in [-0.2, -0.15) is 5.26 Å². The molecule has 31 heavy (non-hydrogen) atoms. The quantitative estimate of drug-likeness (QED) is 0.789. The predicted molar refractivity (Wildman–Crippen MR) is 116 cm³/mol. The van der Waals surface area contributed by atoms with E-state index in [0.29, 0.717) is 31.1 Å². The fraction of sp³-hybridized carbons (Fsp3) is 0.440. The summed E-state index contributed by atoms with van der Waals surface area (Å²) < 4.78 is 16.9. The molecule has 1 spiro atoms. The van der Waals surface area contributed by atoms with E-state index in [0.717, 1.165) is 49.1 Å². The van der Waals surface area contributed by atoms with Gasteiger partial charge in [-0.15, -0.1) is 0 Å². The zero-order valence-corrected chi connectivity index (χ0v) is 17.4. The van der Waals surface area contributed by atoms with Crippen LogP contribution in [0.5, 0.6) is 5.75 Å². The van der Waals surface area contributed by atoms with Gasteiger partial charge in [0, 0.05) is 36.5 Å². The average Bonchev–Trinajstić information content (AvgIpc) is 3.31. The van der Waals surface area contributed by atoms with Gasteiger partial charge in [-0.25, -0.2) is 0 Å². The zero-order valence-electron chi connectivity index (χ0n) is 17.4. The highest BCUT2D eigenvalue weighted by Gasteiger charge is 2.59. The van der Waals surface area contributed by atoms with Crippen LogP contribution in [-0.2, 0) is 14.3 Å². The first kappa shape index (κ1) is 20.0. The molecule has 1 saturated carbocycles. The average molecular weight is 418 g/mol. The third-order valence-electron chi connectivity index (χ3n) is 6.67. The highest BCUT2D eigenvalue weighted by atomic mass is 16.5. The molecule has 0 radical (unpaired) electrons. The van der Waals surface area contributed by atoms with Gasteiger partial charge in [0.15, 0.2) is 0 Å². The van der Waals surface area contributed by atoms with Crippen molar-refractivity contribution in [2.45, 2.75) is 31.8 Å². The molecule has 2 heterocycles.